The molecule has 0 unspecified atom stereocenters. The smallest absolute Gasteiger partial charge is 0.328 e. The molecule has 0 saturated heterocycles. The van der Waals surface area contributed by atoms with Gasteiger partial charge in [0.15, 0.2) is 0 Å². The van der Waals surface area contributed by atoms with Crippen molar-refractivity contribution in [2.45, 2.75) is 50.0 Å². The van der Waals surface area contributed by atoms with E-state index in [0.29, 0.717) is 31.2 Å². The van der Waals surface area contributed by atoms with Crippen molar-refractivity contribution in [2.75, 3.05) is 0 Å². The zero-order chi connectivity index (χ0) is 14.1. The van der Waals surface area contributed by atoms with Gasteiger partial charge in [-0.2, -0.15) is 13.2 Å². The summed E-state index contributed by atoms with van der Waals surface area (Å²) in [6, 6.07) is 4.94. The summed E-state index contributed by atoms with van der Waals surface area (Å²) in [5.74, 6) is 0. The molecule has 1 aliphatic rings. The second-order valence-corrected chi connectivity index (χ2v) is 5.36. The van der Waals surface area contributed by atoms with E-state index in [1.807, 2.05) is 0 Å². The van der Waals surface area contributed by atoms with Gasteiger partial charge in [0, 0.05) is 12.5 Å². The van der Waals surface area contributed by atoms with Crippen LogP contribution < -0.4 is 5.73 Å². The highest BCUT2D eigenvalue weighted by Crippen LogP contribution is 2.36. The fourth-order valence-corrected chi connectivity index (χ4v) is 2.56. The summed E-state index contributed by atoms with van der Waals surface area (Å²) < 4.78 is 52.3. The Labute approximate surface area is 109 Å². The lowest BCUT2D eigenvalue weighted by Gasteiger charge is -2.32. The molecule has 0 heterocycles. The Balaban J connectivity index is 2.11. The third-order valence-corrected chi connectivity index (χ3v) is 3.70. The molecule has 1 fully saturated rings. The first-order valence-electron chi connectivity index (χ1n) is 6.39. The van der Waals surface area contributed by atoms with E-state index in [-0.39, 0.29) is 12.5 Å². The summed E-state index contributed by atoms with van der Waals surface area (Å²) in [6.07, 6.45) is -2.52. The summed E-state index contributed by atoms with van der Waals surface area (Å²) in [5, 5.41) is 0. The number of hydrogen-bond acceptors (Lipinski definition) is 1. The van der Waals surface area contributed by atoms with Crippen LogP contribution in [0, 0.1) is 0 Å². The Morgan fingerprint density at radius 1 is 1.21 bits per heavy atom. The first kappa shape index (κ1) is 14.3. The van der Waals surface area contributed by atoms with Gasteiger partial charge in [-0.05, 0) is 37.3 Å². The van der Waals surface area contributed by atoms with Gasteiger partial charge in [0.25, 0.3) is 0 Å². The molecule has 0 bridgehead atoms. The first-order valence-corrected chi connectivity index (χ1v) is 6.39. The second kappa shape index (κ2) is 5.12. The molecule has 0 amide bonds. The Hall–Kier alpha value is -1.10. The van der Waals surface area contributed by atoms with Gasteiger partial charge in [-0.3, -0.25) is 0 Å². The van der Waals surface area contributed by atoms with E-state index < -0.39 is 17.4 Å². The first-order chi connectivity index (χ1) is 8.78. The van der Waals surface area contributed by atoms with E-state index in [0.717, 1.165) is 12.1 Å². The third-order valence-electron chi connectivity index (χ3n) is 3.70. The predicted octanol–water partition coefficient (Wildman–Crippen LogP) is 3.86. The van der Waals surface area contributed by atoms with E-state index in [1.54, 1.807) is 6.07 Å². The molecule has 0 spiro atoms. The molecular weight excluding hydrogens is 258 g/mol. The van der Waals surface area contributed by atoms with Crippen molar-refractivity contribution in [2.24, 2.45) is 5.73 Å². The minimum absolute atomic E-state index is 0.0189. The third kappa shape index (κ3) is 3.69. The van der Waals surface area contributed by atoms with Crippen LogP contribution in [-0.4, -0.2) is 11.7 Å². The van der Waals surface area contributed by atoms with E-state index >= 15 is 0 Å². The number of halogens is 4. The maximum absolute atomic E-state index is 14.5. The maximum atomic E-state index is 14.5. The second-order valence-electron chi connectivity index (χ2n) is 5.36. The summed E-state index contributed by atoms with van der Waals surface area (Å²) in [5.41, 5.74) is 3.97. The van der Waals surface area contributed by atoms with Crippen molar-refractivity contribution in [3.8, 4) is 0 Å². The predicted molar refractivity (Wildman–Crippen MR) is 65.4 cm³/mol. The van der Waals surface area contributed by atoms with E-state index in [9.17, 15) is 17.6 Å². The van der Waals surface area contributed by atoms with Gasteiger partial charge in [0.2, 0.25) is 0 Å². The SMILES string of the molecule is NC1CCC(F)(Cc2cccc(C(F)(F)F)c2)CC1. The average Bonchev–Trinajstić information content (AvgIpc) is 2.33. The molecule has 0 aromatic heterocycles. The van der Waals surface area contributed by atoms with Crippen LogP contribution in [0.25, 0.3) is 0 Å². The Morgan fingerprint density at radius 3 is 2.42 bits per heavy atom. The number of benzene rings is 1. The lowest BCUT2D eigenvalue weighted by Crippen LogP contribution is -2.37. The van der Waals surface area contributed by atoms with Gasteiger partial charge in [0.1, 0.15) is 5.67 Å². The number of hydrogen-bond donors (Lipinski definition) is 1. The molecule has 0 atom stereocenters. The van der Waals surface area contributed by atoms with Crippen molar-refractivity contribution in [1.82, 2.24) is 0 Å². The van der Waals surface area contributed by atoms with Crippen molar-refractivity contribution in [3.63, 3.8) is 0 Å². The van der Waals surface area contributed by atoms with Crippen LogP contribution in [0.1, 0.15) is 36.8 Å². The van der Waals surface area contributed by atoms with Gasteiger partial charge in [-0.25, -0.2) is 4.39 Å². The molecule has 2 N–H and O–H groups in total. The Kier molecular flexibility index (Phi) is 3.85. The molecule has 1 saturated carbocycles. The van der Waals surface area contributed by atoms with Gasteiger partial charge < -0.3 is 5.73 Å². The lowest BCUT2D eigenvalue weighted by atomic mass is 9.80. The fraction of sp³-hybridized carbons (Fsp3) is 0.571. The molecular formula is C14H17F4N. The Morgan fingerprint density at radius 2 is 1.84 bits per heavy atom. The highest BCUT2D eigenvalue weighted by Gasteiger charge is 2.35. The molecule has 2 rings (SSSR count). The van der Waals surface area contributed by atoms with Crippen LogP contribution >= 0.6 is 0 Å². The topological polar surface area (TPSA) is 26.0 Å². The number of nitrogens with two attached hydrogens (primary N) is 1. The summed E-state index contributed by atoms with van der Waals surface area (Å²) >= 11 is 0. The molecule has 1 nitrogen and oxygen atoms in total. The molecule has 5 heteroatoms. The van der Waals surface area contributed by atoms with Crippen LogP contribution in [-0.2, 0) is 12.6 Å². The van der Waals surface area contributed by atoms with Crippen molar-refractivity contribution in [1.29, 1.82) is 0 Å². The van der Waals surface area contributed by atoms with Crippen LogP contribution in [0.15, 0.2) is 24.3 Å². The number of rotatable bonds is 2. The quantitative estimate of drug-likeness (QED) is 0.815. The van der Waals surface area contributed by atoms with Crippen molar-refractivity contribution < 1.29 is 17.6 Å². The highest BCUT2D eigenvalue weighted by atomic mass is 19.4. The minimum Gasteiger partial charge on any atom is -0.328 e. The molecule has 1 aromatic carbocycles. The molecule has 0 aliphatic heterocycles. The zero-order valence-electron chi connectivity index (χ0n) is 10.5. The fourth-order valence-electron chi connectivity index (χ4n) is 2.56. The van der Waals surface area contributed by atoms with Crippen molar-refractivity contribution >= 4 is 0 Å². The van der Waals surface area contributed by atoms with Crippen LogP contribution in [0.5, 0.6) is 0 Å². The summed E-state index contributed by atoms with van der Waals surface area (Å²) in [4.78, 5) is 0. The van der Waals surface area contributed by atoms with Crippen molar-refractivity contribution in [3.05, 3.63) is 35.4 Å². The van der Waals surface area contributed by atoms with Crippen LogP contribution in [0.3, 0.4) is 0 Å². The zero-order valence-corrected chi connectivity index (χ0v) is 10.5. The van der Waals surface area contributed by atoms with Gasteiger partial charge in [0.05, 0.1) is 5.56 Å². The van der Waals surface area contributed by atoms with Gasteiger partial charge >= 0.3 is 6.18 Å². The lowest BCUT2D eigenvalue weighted by molar-refractivity contribution is -0.137. The molecule has 106 valence electrons. The highest BCUT2D eigenvalue weighted by molar-refractivity contribution is 5.27. The maximum Gasteiger partial charge on any atom is 0.416 e. The van der Waals surface area contributed by atoms with Gasteiger partial charge in [-0.1, -0.05) is 18.2 Å². The average molecular weight is 275 g/mol. The molecule has 1 aliphatic carbocycles. The van der Waals surface area contributed by atoms with Gasteiger partial charge in [-0.15, -0.1) is 0 Å². The normalized spacial score (nSPS) is 28.4. The summed E-state index contributed by atoms with van der Waals surface area (Å²) in [6.45, 7) is 0. The number of alkyl halides is 4. The van der Waals surface area contributed by atoms with Crippen LogP contribution in [0.4, 0.5) is 17.6 Å². The van der Waals surface area contributed by atoms with E-state index in [1.165, 1.54) is 6.07 Å². The molecule has 1 aromatic rings. The Bertz CT molecular complexity index is 433. The minimum atomic E-state index is -4.38. The van der Waals surface area contributed by atoms with E-state index in [4.69, 9.17) is 5.73 Å². The monoisotopic (exact) mass is 275 g/mol. The molecule has 0 radical (unpaired) electrons. The molecule has 19 heavy (non-hydrogen) atoms. The van der Waals surface area contributed by atoms with E-state index in [2.05, 4.69) is 0 Å². The summed E-state index contributed by atoms with van der Waals surface area (Å²) in [7, 11) is 0. The largest absolute Gasteiger partial charge is 0.416 e. The standard InChI is InChI=1S/C14H17F4N/c15-13(6-4-12(19)5-7-13)9-10-2-1-3-11(8-10)14(16,17)18/h1-3,8,12H,4-7,9,19H2. The van der Waals surface area contributed by atoms with Crippen LogP contribution in [0.2, 0.25) is 0 Å².